The quantitative estimate of drug-likeness (QED) is 0.790. The molecule has 1 amide bonds. The van der Waals surface area contributed by atoms with Crippen LogP contribution in [0.2, 0.25) is 0 Å². The van der Waals surface area contributed by atoms with Crippen LogP contribution >= 0.6 is 0 Å². The fourth-order valence-electron chi connectivity index (χ4n) is 2.19. The Morgan fingerprint density at radius 1 is 1.00 bits per heavy atom. The fourth-order valence-corrected chi connectivity index (χ4v) is 2.19. The molecular weight excluding hydrogens is 290 g/mol. The number of carbonyl (C=O) groups excluding carboxylic acids is 2. The molecule has 2 aromatic carbocycles. The molecule has 4 heteroatoms. The van der Waals surface area contributed by atoms with Gasteiger partial charge in [-0.15, -0.1) is 0 Å². The minimum absolute atomic E-state index is 0.0124. The fraction of sp³-hybridized carbons (Fsp3) is 0.263. The van der Waals surface area contributed by atoms with E-state index in [2.05, 4.69) is 5.32 Å². The van der Waals surface area contributed by atoms with Crippen molar-refractivity contribution in [3.8, 4) is 5.75 Å². The van der Waals surface area contributed by atoms with Gasteiger partial charge >= 0.3 is 0 Å². The summed E-state index contributed by atoms with van der Waals surface area (Å²) in [5.41, 5.74) is 2.43. The first-order valence-electron chi connectivity index (χ1n) is 7.71. The lowest BCUT2D eigenvalue weighted by atomic mass is 10.1. The van der Waals surface area contributed by atoms with Crippen molar-refractivity contribution in [3.63, 3.8) is 0 Å². The van der Waals surface area contributed by atoms with E-state index in [4.69, 9.17) is 4.74 Å². The molecule has 0 unspecified atom stereocenters. The SMILES string of the molecule is CCOc1ccc(CCC(=O)Nc2ccc(C(C)=O)cc2)cc1. The van der Waals surface area contributed by atoms with Gasteiger partial charge in [-0.05, 0) is 62.2 Å². The first-order chi connectivity index (χ1) is 11.1. The van der Waals surface area contributed by atoms with Crippen LogP contribution in [0.15, 0.2) is 48.5 Å². The minimum Gasteiger partial charge on any atom is -0.494 e. The Labute approximate surface area is 136 Å². The van der Waals surface area contributed by atoms with Crippen LogP contribution in [0.5, 0.6) is 5.75 Å². The number of amides is 1. The molecule has 0 aliphatic rings. The van der Waals surface area contributed by atoms with Crippen LogP contribution in [-0.2, 0) is 11.2 Å². The third kappa shape index (κ3) is 5.25. The van der Waals surface area contributed by atoms with E-state index in [0.717, 1.165) is 11.3 Å². The van der Waals surface area contributed by atoms with Crippen molar-refractivity contribution in [2.75, 3.05) is 11.9 Å². The Morgan fingerprint density at radius 3 is 2.22 bits per heavy atom. The summed E-state index contributed by atoms with van der Waals surface area (Å²) < 4.78 is 5.39. The molecule has 2 aromatic rings. The maximum Gasteiger partial charge on any atom is 0.224 e. The normalized spacial score (nSPS) is 10.2. The number of rotatable bonds is 7. The van der Waals surface area contributed by atoms with Gasteiger partial charge in [-0.25, -0.2) is 0 Å². The van der Waals surface area contributed by atoms with Crippen LogP contribution in [0.4, 0.5) is 5.69 Å². The second-order valence-electron chi connectivity index (χ2n) is 5.26. The van der Waals surface area contributed by atoms with Gasteiger partial charge in [-0.1, -0.05) is 12.1 Å². The molecule has 0 radical (unpaired) electrons. The minimum atomic E-state index is -0.0468. The van der Waals surface area contributed by atoms with Gasteiger partial charge in [0.1, 0.15) is 5.75 Å². The third-order valence-electron chi connectivity index (χ3n) is 3.45. The number of Topliss-reactive ketones (excluding diaryl/α,β-unsaturated/α-hetero) is 1. The first kappa shape index (κ1) is 16.7. The molecule has 120 valence electrons. The molecule has 0 atom stereocenters. The van der Waals surface area contributed by atoms with Crippen molar-refractivity contribution in [2.24, 2.45) is 0 Å². The van der Waals surface area contributed by atoms with Gasteiger partial charge in [-0.3, -0.25) is 9.59 Å². The van der Waals surface area contributed by atoms with Gasteiger partial charge in [0.25, 0.3) is 0 Å². The van der Waals surface area contributed by atoms with Crippen LogP contribution in [0.25, 0.3) is 0 Å². The summed E-state index contributed by atoms with van der Waals surface area (Å²) in [7, 11) is 0. The summed E-state index contributed by atoms with van der Waals surface area (Å²) in [6.07, 6.45) is 1.08. The highest BCUT2D eigenvalue weighted by molar-refractivity contribution is 5.95. The topological polar surface area (TPSA) is 55.4 Å². The van der Waals surface area contributed by atoms with Crippen molar-refractivity contribution in [3.05, 3.63) is 59.7 Å². The second kappa shape index (κ2) is 8.13. The highest BCUT2D eigenvalue weighted by Crippen LogP contribution is 2.14. The van der Waals surface area contributed by atoms with E-state index in [1.807, 2.05) is 31.2 Å². The van der Waals surface area contributed by atoms with E-state index in [9.17, 15) is 9.59 Å². The average molecular weight is 311 g/mol. The number of anilines is 1. The van der Waals surface area contributed by atoms with Crippen molar-refractivity contribution in [2.45, 2.75) is 26.7 Å². The van der Waals surface area contributed by atoms with Gasteiger partial charge in [0.2, 0.25) is 5.91 Å². The molecular formula is C19H21NO3. The Kier molecular flexibility index (Phi) is 5.92. The van der Waals surface area contributed by atoms with Crippen molar-refractivity contribution in [1.29, 1.82) is 0 Å². The monoisotopic (exact) mass is 311 g/mol. The molecule has 0 bridgehead atoms. The lowest BCUT2D eigenvalue weighted by Crippen LogP contribution is -2.12. The van der Waals surface area contributed by atoms with Crippen LogP contribution in [0.3, 0.4) is 0 Å². The number of aryl methyl sites for hydroxylation is 1. The van der Waals surface area contributed by atoms with E-state index in [1.165, 1.54) is 6.92 Å². The molecule has 2 rings (SSSR count). The summed E-state index contributed by atoms with van der Waals surface area (Å²) in [4.78, 5) is 23.2. The molecule has 0 aliphatic heterocycles. The molecule has 4 nitrogen and oxygen atoms in total. The lowest BCUT2D eigenvalue weighted by Gasteiger charge is -2.07. The van der Waals surface area contributed by atoms with Crippen molar-refractivity contribution >= 4 is 17.4 Å². The van der Waals surface area contributed by atoms with Crippen LogP contribution in [-0.4, -0.2) is 18.3 Å². The maximum absolute atomic E-state index is 12.0. The number of hydrogen-bond acceptors (Lipinski definition) is 3. The second-order valence-corrected chi connectivity index (χ2v) is 5.26. The number of ether oxygens (including phenoxy) is 1. The van der Waals surface area contributed by atoms with Crippen molar-refractivity contribution < 1.29 is 14.3 Å². The molecule has 0 spiro atoms. The molecule has 0 fully saturated rings. The van der Waals surface area contributed by atoms with E-state index in [1.54, 1.807) is 24.3 Å². The van der Waals surface area contributed by atoms with E-state index in [0.29, 0.717) is 30.7 Å². The number of hydrogen-bond donors (Lipinski definition) is 1. The average Bonchev–Trinajstić information content (AvgIpc) is 2.55. The first-order valence-corrected chi connectivity index (χ1v) is 7.71. The predicted octanol–water partition coefficient (Wildman–Crippen LogP) is 3.86. The molecule has 0 saturated carbocycles. The van der Waals surface area contributed by atoms with Crippen LogP contribution in [0.1, 0.15) is 36.2 Å². The van der Waals surface area contributed by atoms with Gasteiger partial charge in [-0.2, -0.15) is 0 Å². The Balaban J connectivity index is 1.83. The highest BCUT2D eigenvalue weighted by Gasteiger charge is 2.05. The Hall–Kier alpha value is -2.62. The van der Waals surface area contributed by atoms with E-state index >= 15 is 0 Å². The van der Waals surface area contributed by atoms with Crippen LogP contribution < -0.4 is 10.1 Å². The third-order valence-corrected chi connectivity index (χ3v) is 3.45. The lowest BCUT2D eigenvalue weighted by molar-refractivity contribution is -0.116. The number of nitrogens with one attached hydrogen (secondary N) is 1. The molecule has 1 N–H and O–H groups in total. The molecule has 0 aliphatic carbocycles. The zero-order valence-electron chi connectivity index (χ0n) is 13.5. The summed E-state index contributed by atoms with van der Waals surface area (Å²) in [5.74, 6) is 0.805. The summed E-state index contributed by atoms with van der Waals surface area (Å²) in [6.45, 7) is 4.11. The number of carbonyl (C=O) groups is 2. The predicted molar refractivity (Wildman–Crippen MR) is 91.0 cm³/mol. The smallest absolute Gasteiger partial charge is 0.224 e. The van der Waals surface area contributed by atoms with Crippen molar-refractivity contribution in [1.82, 2.24) is 0 Å². The highest BCUT2D eigenvalue weighted by atomic mass is 16.5. The van der Waals surface area contributed by atoms with Gasteiger partial charge in [0.15, 0.2) is 5.78 Å². The van der Waals surface area contributed by atoms with Crippen LogP contribution in [0, 0.1) is 0 Å². The molecule has 0 aromatic heterocycles. The summed E-state index contributed by atoms with van der Waals surface area (Å²) in [5, 5.41) is 2.84. The summed E-state index contributed by atoms with van der Waals surface area (Å²) in [6, 6.07) is 14.7. The summed E-state index contributed by atoms with van der Waals surface area (Å²) >= 11 is 0. The number of ketones is 1. The molecule has 0 heterocycles. The maximum atomic E-state index is 12.0. The number of benzene rings is 2. The largest absolute Gasteiger partial charge is 0.494 e. The zero-order valence-corrected chi connectivity index (χ0v) is 13.5. The van der Waals surface area contributed by atoms with E-state index < -0.39 is 0 Å². The van der Waals surface area contributed by atoms with Gasteiger partial charge < -0.3 is 10.1 Å². The van der Waals surface area contributed by atoms with Gasteiger partial charge in [0.05, 0.1) is 6.61 Å². The molecule has 23 heavy (non-hydrogen) atoms. The van der Waals surface area contributed by atoms with Gasteiger partial charge in [0, 0.05) is 17.7 Å². The Bertz CT molecular complexity index is 660. The zero-order chi connectivity index (χ0) is 16.7. The van der Waals surface area contributed by atoms with E-state index in [-0.39, 0.29) is 11.7 Å². The standard InChI is InChI=1S/C19H21NO3/c1-3-23-18-11-4-15(5-12-18)6-13-19(22)20-17-9-7-16(8-10-17)14(2)21/h4-5,7-12H,3,6,13H2,1-2H3,(H,20,22). The molecule has 0 saturated heterocycles. The Morgan fingerprint density at radius 2 is 1.65 bits per heavy atom.